The number of rotatable bonds is 7. The summed E-state index contributed by atoms with van der Waals surface area (Å²) in [4.78, 5) is 14.3. The quantitative estimate of drug-likeness (QED) is 0.118. The number of hydrogen-bond donors (Lipinski definition) is 0. The predicted octanol–water partition coefficient (Wildman–Crippen LogP) is 12.7. The number of aryl methyl sites for hydroxylation is 1. The third-order valence-corrected chi connectivity index (χ3v) is 12.6. The SMILES string of the molecule is Cc1ccc2c(n1)oc1c(-c3nc4ccccc4n3-c3ccc4ccccc4c3)[c-]ccc12.[2H]C([2H])(c1cc(-c2[c-]cccc2)ncc1[Si](C)(C)C)C(C)c1ccccc1.[Ir]. The van der Waals surface area contributed by atoms with Crippen molar-refractivity contribution in [2.45, 2.75) is 45.8 Å². The number of pyridine rings is 2. The Kier molecular flexibility index (Phi) is 10.6. The van der Waals surface area contributed by atoms with Crippen molar-refractivity contribution >= 4 is 57.1 Å². The molecule has 59 heavy (non-hydrogen) atoms. The standard InChI is InChI=1S/C29H18N3O.C23H26NSi.Ir/c1-18-13-16-23-22-9-6-10-24(27(22)33-29(23)30-18)28-31-25-11-4-5-12-26(25)32(28)21-15-14-19-7-2-3-8-20(19)17-21;1-18(19-11-7-5-8-12-19)15-21-16-22(20-13-9-6-10-14-20)24-17-23(21)25(2,3)4;/h2-9,11-17H,1H3;5-13,16-18H,15H2,1-4H3;/q2*-1;/i;15D2;. The average molecular weight is 963 g/mol. The van der Waals surface area contributed by atoms with Crippen molar-refractivity contribution < 1.29 is 27.3 Å². The summed E-state index contributed by atoms with van der Waals surface area (Å²) in [5, 5.41) is 5.49. The molecule has 0 aliphatic rings. The Labute approximate surface area is 363 Å². The first-order valence-electron chi connectivity index (χ1n) is 20.7. The summed E-state index contributed by atoms with van der Waals surface area (Å²) in [7, 11) is -1.77. The summed E-state index contributed by atoms with van der Waals surface area (Å²) in [6.45, 7) is 10.7. The van der Waals surface area contributed by atoms with Gasteiger partial charge in [-0.05, 0) is 82.8 Å². The third-order valence-electron chi connectivity index (χ3n) is 10.6. The first-order valence-corrected chi connectivity index (χ1v) is 23.2. The molecule has 0 saturated heterocycles. The predicted molar refractivity (Wildman–Crippen MR) is 243 cm³/mol. The maximum absolute atomic E-state index is 9.04. The van der Waals surface area contributed by atoms with Gasteiger partial charge in [-0.2, -0.15) is 0 Å². The molecule has 1 radical (unpaired) electrons. The minimum atomic E-state index is -1.77. The minimum Gasteiger partial charge on any atom is -0.486 e. The van der Waals surface area contributed by atoms with Crippen LogP contribution in [0.5, 0.6) is 0 Å². The van der Waals surface area contributed by atoms with Gasteiger partial charge >= 0.3 is 0 Å². The fourth-order valence-corrected chi connectivity index (χ4v) is 8.99. The van der Waals surface area contributed by atoms with E-state index in [0.29, 0.717) is 5.71 Å². The zero-order chi connectivity index (χ0) is 41.6. The molecule has 0 aliphatic heterocycles. The molecule has 0 saturated carbocycles. The van der Waals surface area contributed by atoms with E-state index < -0.39 is 14.4 Å². The minimum absolute atomic E-state index is 0. The van der Waals surface area contributed by atoms with Crippen molar-refractivity contribution in [3.8, 4) is 28.3 Å². The Morgan fingerprint density at radius 2 is 1.51 bits per heavy atom. The van der Waals surface area contributed by atoms with Crippen LogP contribution in [0.4, 0.5) is 0 Å². The molecule has 0 spiro atoms. The summed E-state index contributed by atoms with van der Waals surface area (Å²) < 4.78 is 26.6. The van der Waals surface area contributed by atoms with Crippen LogP contribution in [0.15, 0.2) is 162 Å². The van der Waals surface area contributed by atoms with Crippen LogP contribution in [0.2, 0.25) is 19.6 Å². The van der Waals surface area contributed by atoms with Gasteiger partial charge in [0.2, 0.25) is 5.71 Å². The number of imidazole rings is 1. The van der Waals surface area contributed by atoms with E-state index in [1.54, 1.807) is 0 Å². The summed E-state index contributed by atoms with van der Waals surface area (Å²) in [5.41, 5.74) is 9.60. The fraction of sp³-hybridized carbons (Fsp3) is 0.135. The van der Waals surface area contributed by atoms with Gasteiger partial charge in [0.25, 0.3) is 0 Å². The van der Waals surface area contributed by atoms with Crippen molar-refractivity contribution in [1.29, 1.82) is 0 Å². The zero-order valence-corrected chi connectivity index (χ0v) is 37.0. The molecule has 4 aromatic heterocycles. The van der Waals surface area contributed by atoms with Gasteiger partial charge in [-0.25, -0.2) is 4.98 Å². The Bertz CT molecular complexity index is 3160. The van der Waals surface area contributed by atoms with Crippen molar-refractivity contribution in [1.82, 2.24) is 19.5 Å². The number of fused-ring (bicyclic) bond motifs is 5. The third kappa shape index (κ3) is 8.07. The van der Waals surface area contributed by atoms with Crippen LogP contribution in [-0.2, 0) is 26.5 Å². The fourth-order valence-electron chi connectivity index (χ4n) is 7.58. The van der Waals surface area contributed by atoms with E-state index in [1.165, 1.54) is 10.8 Å². The van der Waals surface area contributed by atoms with Gasteiger partial charge in [0.15, 0.2) is 0 Å². The van der Waals surface area contributed by atoms with Gasteiger partial charge in [0.05, 0.1) is 30.5 Å². The molecular weight excluding hydrogens is 917 g/mol. The Hall–Kier alpha value is -5.98. The Morgan fingerprint density at radius 3 is 2.31 bits per heavy atom. The maximum atomic E-state index is 9.04. The molecule has 0 fully saturated rings. The Balaban J connectivity index is 0.000000170. The molecule has 10 rings (SSSR count). The van der Waals surface area contributed by atoms with Gasteiger partial charge in [-0.3, -0.25) is 4.98 Å². The van der Waals surface area contributed by atoms with Crippen LogP contribution in [-0.4, -0.2) is 27.6 Å². The van der Waals surface area contributed by atoms with Crippen LogP contribution in [0.3, 0.4) is 0 Å². The van der Waals surface area contributed by atoms with Crippen LogP contribution in [0.25, 0.3) is 72.2 Å². The van der Waals surface area contributed by atoms with Crippen molar-refractivity contribution in [3.63, 3.8) is 0 Å². The van der Waals surface area contributed by atoms with Crippen LogP contribution in [0.1, 0.15) is 32.4 Å². The van der Waals surface area contributed by atoms with E-state index in [1.807, 2.05) is 117 Å². The first kappa shape index (κ1) is 37.3. The summed E-state index contributed by atoms with van der Waals surface area (Å²) >= 11 is 0. The molecule has 10 aromatic rings. The number of para-hydroxylation sites is 2. The van der Waals surface area contributed by atoms with E-state index in [4.69, 9.17) is 12.1 Å². The van der Waals surface area contributed by atoms with E-state index in [0.717, 1.165) is 77.7 Å². The van der Waals surface area contributed by atoms with Gasteiger partial charge in [-0.15, -0.1) is 54.1 Å². The Morgan fingerprint density at radius 1 is 0.746 bits per heavy atom. The molecule has 0 bridgehead atoms. The average Bonchev–Trinajstić information content (AvgIpc) is 3.84. The first-order chi connectivity index (χ1) is 29.0. The molecule has 4 heterocycles. The van der Waals surface area contributed by atoms with Gasteiger partial charge < -0.3 is 14.0 Å². The summed E-state index contributed by atoms with van der Waals surface area (Å²) in [6.07, 6.45) is 0.400. The van der Waals surface area contributed by atoms with E-state index in [2.05, 4.69) is 101 Å². The van der Waals surface area contributed by atoms with E-state index in [-0.39, 0.29) is 26.0 Å². The van der Waals surface area contributed by atoms with Crippen LogP contribution in [0, 0.1) is 19.1 Å². The molecule has 0 amide bonds. The largest absolute Gasteiger partial charge is 0.486 e. The van der Waals surface area contributed by atoms with E-state index >= 15 is 0 Å². The second-order valence-corrected chi connectivity index (χ2v) is 20.8. The van der Waals surface area contributed by atoms with Crippen molar-refractivity contribution in [2.24, 2.45) is 0 Å². The zero-order valence-electron chi connectivity index (χ0n) is 35.6. The van der Waals surface area contributed by atoms with Crippen LogP contribution < -0.4 is 5.19 Å². The topological polar surface area (TPSA) is 56.7 Å². The molecule has 5 nitrogen and oxygen atoms in total. The molecule has 6 aromatic carbocycles. The molecule has 7 heteroatoms. The smallest absolute Gasteiger partial charge is 0.216 e. The molecule has 0 N–H and O–H groups in total. The monoisotopic (exact) mass is 963 g/mol. The molecular formula is C52H44IrN4OSi-2. The van der Waals surface area contributed by atoms with E-state index in [9.17, 15) is 0 Å². The van der Waals surface area contributed by atoms with Gasteiger partial charge in [0.1, 0.15) is 0 Å². The maximum Gasteiger partial charge on any atom is 0.216 e. The second-order valence-electron chi connectivity index (χ2n) is 15.7. The molecule has 293 valence electrons. The van der Waals surface area contributed by atoms with Gasteiger partial charge in [-0.1, -0.05) is 122 Å². The van der Waals surface area contributed by atoms with Crippen LogP contribution >= 0.6 is 0 Å². The number of nitrogens with zero attached hydrogens (tertiary/aromatic N) is 4. The van der Waals surface area contributed by atoms with Crippen molar-refractivity contribution in [2.75, 3.05) is 0 Å². The molecule has 0 aliphatic carbocycles. The molecule has 1 unspecified atom stereocenters. The summed E-state index contributed by atoms with van der Waals surface area (Å²) in [6, 6.07) is 57.4. The number of hydrogen-bond acceptors (Lipinski definition) is 4. The summed E-state index contributed by atoms with van der Waals surface area (Å²) in [5.74, 6) is 0.539. The number of aromatic nitrogens is 4. The van der Waals surface area contributed by atoms with Crippen molar-refractivity contribution in [3.05, 3.63) is 187 Å². The molecule has 1 atom stereocenters. The number of furan rings is 1. The second kappa shape index (κ2) is 16.7. The number of benzene rings is 6. The van der Waals surface area contributed by atoms with Gasteiger partial charge in [0, 0.05) is 45.8 Å². The normalized spacial score (nSPS) is 12.8.